The van der Waals surface area contributed by atoms with E-state index in [1.165, 1.54) is 67.1 Å². The first-order valence-electron chi connectivity index (χ1n) is 35.3. The highest BCUT2D eigenvalue weighted by Crippen LogP contribution is 2.39. The molecule has 0 saturated heterocycles. The number of ether oxygens (including phenoxy) is 1. The molecule has 7 N–H and O–H groups in total. The maximum atomic E-state index is 13.7. The van der Waals surface area contributed by atoms with Crippen LogP contribution >= 0.6 is 69.0 Å². The lowest BCUT2D eigenvalue weighted by atomic mass is 10.1. The minimum Gasteiger partial charge on any atom is -0.444 e. The first kappa shape index (κ1) is 99.3. The van der Waals surface area contributed by atoms with Crippen LogP contribution in [0.5, 0.6) is 0 Å². The highest BCUT2D eigenvalue weighted by atomic mass is 127. The average Bonchev–Trinajstić information content (AvgIpc) is 1.65. The zero-order valence-corrected chi connectivity index (χ0v) is 71.4. The summed E-state index contributed by atoms with van der Waals surface area (Å²) in [4.78, 5) is 62.8. The molecule has 0 saturated carbocycles. The number of alkyl carbamates (subject to hydrolysis) is 1. The fourth-order valence-electron chi connectivity index (χ4n) is 10.8. The second kappa shape index (κ2) is 43.2. The van der Waals surface area contributed by atoms with Gasteiger partial charge in [-0.05, 0) is 185 Å². The predicted molar refractivity (Wildman–Crippen MR) is 454 cm³/mol. The quantitative estimate of drug-likeness (QED) is 0.0114. The number of aliphatic hydroxyl groups excluding tert-OH is 2. The first-order valence-corrected chi connectivity index (χ1v) is 44.8. The molecule has 6 heterocycles. The molecule has 10 rings (SSSR count). The van der Waals surface area contributed by atoms with Gasteiger partial charge >= 0.3 is 6.09 Å². The Hall–Kier alpha value is -6.89. The first-order chi connectivity index (χ1) is 51.0. The van der Waals surface area contributed by atoms with E-state index in [9.17, 15) is 41.5 Å². The lowest BCUT2D eigenvalue weighted by molar-refractivity contribution is 0.0515. The van der Waals surface area contributed by atoms with Gasteiger partial charge in [-0.25, -0.2) is 22.4 Å². The van der Waals surface area contributed by atoms with Gasteiger partial charge in [-0.2, -0.15) is 20.4 Å². The summed E-state index contributed by atoms with van der Waals surface area (Å²) in [6.07, 6.45) is 1.60. The van der Waals surface area contributed by atoms with Crippen molar-refractivity contribution < 1.29 is 65.3 Å². The second-order valence-electron chi connectivity index (χ2n) is 30.0. The van der Waals surface area contributed by atoms with Crippen molar-refractivity contribution >= 4 is 115 Å². The van der Waals surface area contributed by atoms with Crippen molar-refractivity contribution in [3.63, 3.8) is 0 Å². The van der Waals surface area contributed by atoms with Crippen molar-refractivity contribution in [1.82, 2.24) is 55.1 Å². The number of nitrogens with one attached hydrogen (secondary N) is 3. The molecule has 8 aromatic rings. The molecule has 3 amide bonds. The predicted octanol–water partition coefficient (Wildman–Crippen LogP) is 19.5. The van der Waals surface area contributed by atoms with Crippen molar-refractivity contribution in [2.45, 2.75) is 190 Å². The molecular weight excluding hydrogens is 1680 g/mol. The van der Waals surface area contributed by atoms with Crippen LogP contribution in [-0.4, -0.2) is 159 Å². The van der Waals surface area contributed by atoms with Crippen LogP contribution in [0.3, 0.4) is 0 Å². The molecule has 4 aromatic heterocycles. The van der Waals surface area contributed by atoms with Gasteiger partial charge in [-0.3, -0.25) is 37.9 Å². The molecule has 0 radical (unpaired) electrons. The molecule has 618 valence electrons. The summed E-state index contributed by atoms with van der Waals surface area (Å²) in [5, 5.41) is 45.0. The molecule has 4 aromatic carbocycles. The van der Waals surface area contributed by atoms with Gasteiger partial charge in [0.15, 0.2) is 28.2 Å². The molecule has 0 spiro atoms. The van der Waals surface area contributed by atoms with E-state index in [-0.39, 0.29) is 126 Å². The molecule has 22 nitrogen and oxygen atoms in total. The second-order valence-corrected chi connectivity index (χ2v) is 41.3. The number of nitrogens with zero attached hydrogens (tertiary/aromatic N) is 8. The van der Waals surface area contributed by atoms with Gasteiger partial charge in [0.2, 0.25) is 0 Å². The van der Waals surface area contributed by atoms with Crippen LogP contribution in [0.1, 0.15) is 190 Å². The molecule has 0 aliphatic carbocycles. The van der Waals surface area contributed by atoms with E-state index in [2.05, 4.69) is 127 Å². The van der Waals surface area contributed by atoms with E-state index < -0.39 is 51.6 Å². The van der Waals surface area contributed by atoms with Crippen molar-refractivity contribution in [2.24, 2.45) is 5.73 Å². The highest BCUT2D eigenvalue weighted by Gasteiger charge is 2.39. The Morgan fingerprint density at radius 1 is 0.554 bits per heavy atom. The number of amides is 3. The zero-order chi connectivity index (χ0) is 81.4. The fourth-order valence-corrected chi connectivity index (χ4v) is 13.6. The van der Waals surface area contributed by atoms with E-state index in [1.54, 1.807) is 83.3 Å². The van der Waals surface area contributed by atoms with Gasteiger partial charge in [0.1, 0.15) is 51.6 Å². The van der Waals surface area contributed by atoms with Crippen LogP contribution in [0, 0.1) is 23.3 Å². The fraction of sp³-hybridized carbons (Fsp3) is 0.481. The maximum Gasteiger partial charge on any atom is 0.407 e. The van der Waals surface area contributed by atoms with Crippen LogP contribution in [-0.2, 0) is 13.6 Å². The van der Waals surface area contributed by atoms with Gasteiger partial charge in [0, 0.05) is 88.7 Å². The standard InChI is InChI=1S/C26H39ClFN3O4Si.C20H27ClFN3O2Si.C15H17ClFN3O2.C14H13ClFN3O2.CH3I.3CH4/c1-17(32)23-15-22(18-10-11-21(28)20(27)14-18)30-31(23)19(16-29-24(33)35-25(2,3)4)12-13-34-36(8,9)26(5,6)7;1-20(2,3)28(4,5)27-9-8-14-12-23-19(26)18-11-17(24-25(14)18)13-6-7-16(22)15(21)10-13;1-9(22)15-7-14(10-2-3-13(17)12(16)6-10)19-20(15)11(8-18)4-5-21;15-10-5-8(1-2-11(10)16)12-6-13-14(21)17-7-9(3-4-20)19(13)18-12;1-2;;;/h10-11,14-15,19H,12-13,16H2,1-9H3,(H,29,33);6-7,10-11,14H,8-9,12H2,1-5H3,(H,23,26);2-3,6-7,11,21H,4-5,8,18H2,1H3;1-2,5-6,9,20H,3-4,7H2,(H,17,21);1H3;3*1H4. The Morgan fingerprint density at radius 2 is 0.902 bits per heavy atom. The number of aliphatic hydroxyl groups is 2. The minimum atomic E-state index is -2.00. The number of aromatic nitrogens is 8. The minimum absolute atomic E-state index is 0. The van der Waals surface area contributed by atoms with E-state index in [0.29, 0.717) is 113 Å². The molecule has 112 heavy (non-hydrogen) atoms. The van der Waals surface area contributed by atoms with Gasteiger partial charge in [-0.1, -0.05) is 133 Å². The van der Waals surface area contributed by atoms with E-state index >= 15 is 0 Å². The topological polar surface area (TPSA) is 287 Å². The third-order valence-electron chi connectivity index (χ3n) is 18.9. The summed E-state index contributed by atoms with van der Waals surface area (Å²) in [5.41, 5.74) is 11.4. The van der Waals surface area contributed by atoms with Gasteiger partial charge in [0.05, 0.1) is 67.0 Å². The number of nitrogens with two attached hydrogens (primary N) is 1. The Kier molecular flexibility index (Phi) is 38.3. The number of carbonyl (C=O) groups excluding carboxylic acids is 5. The number of hydrogen-bond donors (Lipinski definition) is 6. The number of fused-ring (bicyclic) bond motifs is 2. The van der Waals surface area contributed by atoms with Crippen molar-refractivity contribution in [3.8, 4) is 45.0 Å². The maximum absolute atomic E-state index is 13.7. The normalized spacial score (nSPS) is 14.4. The summed E-state index contributed by atoms with van der Waals surface area (Å²) >= 11 is 25.6. The summed E-state index contributed by atoms with van der Waals surface area (Å²) in [6.45, 7) is 32.6. The number of benzene rings is 4. The Balaban J connectivity index is 0.000000388. The van der Waals surface area contributed by atoms with Crippen molar-refractivity contribution in [2.75, 3.05) is 57.5 Å². The summed E-state index contributed by atoms with van der Waals surface area (Å²) < 4.78 is 78.2. The lowest BCUT2D eigenvalue weighted by Gasteiger charge is -2.36. The third-order valence-corrected chi connectivity index (χ3v) is 29.1. The monoisotopic (exact) mass is 1790 g/mol. The summed E-state index contributed by atoms with van der Waals surface area (Å²) in [7, 11) is -3.82. The molecule has 33 heteroatoms. The summed E-state index contributed by atoms with van der Waals surface area (Å²) in [6, 6.07) is 23.2. The smallest absolute Gasteiger partial charge is 0.407 e. The molecular formula is C79H111Cl4F4IN12O10Si2. The van der Waals surface area contributed by atoms with E-state index in [0.717, 1.165) is 6.42 Å². The number of hydrogen-bond acceptors (Lipinski definition) is 15. The molecule has 2 aliphatic heterocycles. The van der Waals surface area contributed by atoms with Crippen LogP contribution in [0.2, 0.25) is 56.4 Å². The highest BCUT2D eigenvalue weighted by molar-refractivity contribution is 14.1. The number of Topliss-reactive ketones (excluding diaryl/α,β-unsaturated/α-hetero) is 2. The van der Waals surface area contributed by atoms with Crippen molar-refractivity contribution in [1.29, 1.82) is 0 Å². The SMILES string of the molecule is C.C.C.CC(=O)c1cc(-c2ccc(F)c(Cl)c2)nn1C(CCO[Si](C)(C)C(C)(C)C)CNC(=O)OC(C)(C)C.CC(=O)c1cc(-c2ccc(F)c(Cl)c2)nn1C(CN)CCO.CC(C)(C)[Si](C)(C)OCCC1CNC(=O)c2cc(-c3ccc(F)c(Cl)c3)nn21.CI.O=C1NCC(CCO)n2nc(-c3ccc(F)c(Cl)c3)cc21. The summed E-state index contributed by atoms with van der Waals surface area (Å²) in [5.74, 6) is -2.75. The van der Waals surface area contributed by atoms with Crippen molar-refractivity contribution in [3.05, 3.63) is 163 Å². The number of halogens is 9. The van der Waals surface area contributed by atoms with Crippen LogP contribution < -0.4 is 21.7 Å². The molecule has 2 aliphatic rings. The number of rotatable bonds is 23. The molecule has 4 unspecified atom stereocenters. The third kappa shape index (κ3) is 26.6. The number of alkyl halides is 1. The Labute approximate surface area is 692 Å². The number of ketones is 2. The molecule has 4 atom stereocenters. The van der Waals surface area contributed by atoms with Crippen LogP contribution in [0.15, 0.2) is 97.1 Å². The average molecular weight is 1790 g/mol. The lowest BCUT2D eigenvalue weighted by Crippen LogP contribution is -2.43. The number of carbonyl (C=O) groups is 5. The van der Waals surface area contributed by atoms with E-state index in [1.807, 2.05) is 4.93 Å². The zero-order valence-electron chi connectivity index (χ0n) is 64.2. The van der Waals surface area contributed by atoms with Gasteiger partial charge in [0.25, 0.3) is 11.8 Å². The molecule has 0 bridgehead atoms. The molecule has 0 fully saturated rings. The Bertz CT molecular complexity index is 4480. The van der Waals surface area contributed by atoms with Gasteiger partial charge in [-0.15, -0.1) is 0 Å². The van der Waals surface area contributed by atoms with E-state index in [4.69, 9.17) is 75.9 Å². The van der Waals surface area contributed by atoms with Gasteiger partial charge < -0.3 is 45.5 Å². The Morgan fingerprint density at radius 3 is 1.22 bits per heavy atom. The van der Waals surface area contributed by atoms with Crippen LogP contribution in [0.4, 0.5) is 22.4 Å². The van der Waals surface area contributed by atoms with Crippen LogP contribution in [0.25, 0.3) is 45.0 Å². The largest absolute Gasteiger partial charge is 0.444 e.